The second-order valence-corrected chi connectivity index (χ2v) is 12.2. The van der Waals surface area contributed by atoms with E-state index in [9.17, 15) is 19.7 Å². The Morgan fingerprint density at radius 3 is 2.77 bits per heavy atom. The van der Waals surface area contributed by atoms with Crippen molar-refractivity contribution in [1.82, 2.24) is 19.9 Å². The summed E-state index contributed by atoms with van der Waals surface area (Å²) in [5.41, 5.74) is 0.0678. The first-order valence-corrected chi connectivity index (χ1v) is 15.0. The summed E-state index contributed by atoms with van der Waals surface area (Å²) in [7, 11) is 0. The van der Waals surface area contributed by atoms with Crippen molar-refractivity contribution in [2.45, 2.75) is 49.9 Å². The number of hydrogen-bond acceptors (Lipinski definition) is 9. The SMILES string of the molecule is OCC1CCN(c2nc(OC[C@@]34CCCN3C[C@H](F)C4)nc3c(F)c(-c4cc(O)cc5ccccc45)ncc23)CCC1O. The molecule has 4 atom stereocenters. The van der Waals surface area contributed by atoms with Crippen LogP contribution in [-0.2, 0) is 0 Å². The fourth-order valence-corrected chi connectivity index (χ4v) is 7.23. The average molecular weight is 592 g/mol. The number of phenols is 1. The van der Waals surface area contributed by atoms with Crippen LogP contribution in [0.5, 0.6) is 11.8 Å². The first-order chi connectivity index (χ1) is 20.8. The summed E-state index contributed by atoms with van der Waals surface area (Å²) in [5.74, 6) is -0.514. The van der Waals surface area contributed by atoms with E-state index in [1.165, 1.54) is 6.07 Å². The van der Waals surface area contributed by atoms with Gasteiger partial charge >= 0.3 is 6.01 Å². The maximum atomic E-state index is 16.6. The molecule has 7 rings (SSSR count). The van der Waals surface area contributed by atoms with E-state index in [2.05, 4.69) is 14.9 Å². The third kappa shape index (κ3) is 5.03. The first-order valence-electron chi connectivity index (χ1n) is 15.0. The minimum Gasteiger partial charge on any atom is -0.508 e. The van der Waals surface area contributed by atoms with Gasteiger partial charge in [0.1, 0.15) is 35.6 Å². The zero-order chi connectivity index (χ0) is 29.7. The topological polar surface area (TPSA) is 115 Å². The number of hydrogen-bond donors (Lipinski definition) is 3. The number of fused-ring (bicyclic) bond motifs is 3. The van der Waals surface area contributed by atoms with E-state index in [-0.39, 0.29) is 42.1 Å². The van der Waals surface area contributed by atoms with Gasteiger partial charge in [0, 0.05) is 50.3 Å². The maximum Gasteiger partial charge on any atom is 0.319 e. The Hall–Kier alpha value is -3.67. The lowest BCUT2D eigenvalue weighted by molar-refractivity contribution is 0.0655. The molecule has 0 aliphatic carbocycles. The number of halogens is 2. The molecule has 3 aliphatic rings. The highest BCUT2D eigenvalue weighted by Gasteiger charge is 2.49. The second-order valence-electron chi connectivity index (χ2n) is 12.2. The standard InChI is InChI=1S/C32H35F2N5O4/c33-21-14-32(8-3-9-39(32)16-21)18-43-31-36-29-25(30(37-31)38-10-6-20(17-40)26(42)7-11-38)15-35-28(27(29)34)24-13-22(41)12-19-4-1-2-5-23(19)24/h1-2,4-5,12-13,15,20-21,26,40-42H,3,6-11,14,16-18H2/t20?,21-,26?,32+/m1/s1. The molecule has 0 amide bonds. The Morgan fingerprint density at radius 2 is 1.91 bits per heavy atom. The molecule has 0 spiro atoms. The molecule has 2 unspecified atom stereocenters. The minimum atomic E-state index is -0.914. The number of aliphatic hydroxyl groups excluding tert-OH is 2. The van der Waals surface area contributed by atoms with Crippen LogP contribution >= 0.6 is 0 Å². The second kappa shape index (κ2) is 11.1. The van der Waals surface area contributed by atoms with E-state index in [4.69, 9.17) is 9.72 Å². The van der Waals surface area contributed by atoms with Crippen LogP contribution in [-0.4, -0.2) is 92.4 Å². The lowest BCUT2D eigenvalue weighted by Gasteiger charge is -2.31. The third-order valence-corrected chi connectivity index (χ3v) is 9.52. The lowest BCUT2D eigenvalue weighted by atomic mass is 9.95. The number of aromatic nitrogens is 3. The maximum absolute atomic E-state index is 16.6. The van der Waals surface area contributed by atoms with Gasteiger partial charge in [-0.25, -0.2) is 8.78 Å². The summed E-state index contributed by atoms with van der Waals surface area (Å²) in [5, 5.41) is 32.6. The van der Waals surface area contributed by atoms with Crippen molar-refractivity contribution in [1.29, 1.82) is 0 Å². The number of anilines is 1. The number of rotatable bonds is 6. The molecular formula is C32H35F2N5O4. The van der Waals surface area contributed by atoms with Gasteiger partial charge < -0.3 is 25.0 Å². The van der Waals surface area contributed by atoms with Gasteiger partial charge in [-0.15, -0.1) is 0 Å². The van der Waals surface area contributed by atoms with Crippen LogP contribution in [0.3, 0.4) is 0 Å². The molecule has 4 aromatic rings. The average Bonchev–Trinajstić information content (AvgIpc) is 3.45. The number of ether oxygens (including phenoxy) is 1. The molecule has 0 bridgehead atoms. The smallest absolute Gasteiger partial charge is 0.319 e. The Kier molecular flexibility index (Phi) is 7.27. The fourth-order valence-electron chi connectivity index (χ4n) is 7.23. The fraction of sp³-hybridized carbons (Fsp3) is 0.469. The minimum absolute atomic E-state index is 0.00735. The van der Waals surface area contributed by atoms with E-state index in [1.54, 1.807) is 12.3 Å². The molecule has 0 radical (unpaired) electrons. The van der Waals surface area contributed by atoms with Crippen molar-refractivity contribution in [3.63, 3.8) is 0 Å². The van der Waals surface area contributed by atoms with Gasteiger partial charge in [-0.05, 0) is 55.1 Å². The van der Waals surface area contributed by atoms with Crippen LogP contribution in [0.1, 0.15) is 32.1 Å². The summed E-state index contributed by atoms with van der Waals surface area (Å²) in [6, 6.07) is 10.5. The number of pyridine rings is 1. The van der Waals surface area contributed by atoms with Crippen LogP contribution in [0.15, 0.2) is 42.6 Å². The van der Waals surface area contributed by atoms with Gasteiger partial charge in [0.2, 0.25) is 0 Å². The van der Waals surface area contributed by atoms with Crippen molar-refractivity contribution in [3.05, 3.63) is 48.4 Å². The van der Waals surface area contributed by atoms with Crippen molar-refractivity contribution in [3.8, 4) is 23.0 Å². The molecule has 2 aromatic heterocycles. The summed E-state index contributed by atoms with van der Waals surface area (Å²) >= 11 is 0. The number of phenolic OH excluding ortho intramolecular Hbond substituents is 1. The number of alkyl halides is 1. The zero-order valence-corrected chi connectivity index (χ0v) is 23.8. The predicted molar refractivity (Wildman–Crippen MR) is 158 cm³/mol. The van der Waals surface area contributed by atoms with E-state index in [0.717, 1.165) is 30.2 Å². The monoisotopic (exact) mass is 591 g/mol. The normalized spacial score (nSPS) is 26.2. The number of aliphatic hydroxyl groups is 2. The van der Waals surface area contributed by atoms with Crippen molar-refractivity contribution in [2.24, 2.45) is 5.92 Å². The van der Waals surface area contributed by atoms with Gasteiger partial charge in [0.05, 0.1) is 17.0 Å². The highest BCUT2D eigenvalue weighted by atomic mass is 19.1. The van der Waals surface area contributed by atoms with Crippen LogP contribution < -0.4 is 9.64 Å². The van der Waals surface area contributed by atoms with Gasteiger partial charge in [0.15, 0.2) is 5.82 Å². The number of aromatic hydroxyl groups is 1. The van der Waals surface area contributed by atoms with Crippen molar-refractivity contribution < 1.29 is 28.8 Å². The molecule has 3 N–H and O–H groups in total. The molecule has 3 aliphatic heterocycles. The number of benzene rings is 2. The van der Waals surface area contributed by atoms with Crippen LogP contribution in [0.2, 0.25) is 0 Å². The molecule has 2 aromatic carbocycles. The van der Waals surface area contributed by atoms with E-state index in [0.29, 0.717) is 55.7 Å². The highest BCUT2D eigenvalue weighted by Crippen LogP contribution is 2.41. The molecule has 43 heavy (non-hydrogen) atoms. The summed E-state index contributed by atoms with van der Waals surface area (Å²) in [6.07, 6.45) is 3.05. The quantitative estimate of drug-likeness (QED) is 0.303. The Balaban J connectivity index is 1.33. The molecule has 9 nitrogen and oxygen atoms in total. The third-order valence-electron chi connectivity index (χ3n) is 9.52. The van der Waals surface area contributed by atoms with Crippen LogP contribution in [0.4, 0.5) is 14.6 Å². The van der Waals surface area contributed by atoms with E-state index in [1.807, 2.05) is 29.2 Å². The Bertz CT molecular complexity index is 1670. The molecule has 226 valence electrons. The molecule has 11 heteroatoms. The summed E-state index contributed by atoms with van der Waals surface area (Å²) < 4.78 is 37.2. The van der Waals surface area contributed by atoms with Crippen LogP contribution in [0.25, 0.3) is 32.9 Å². The van der Waals surface area contributed by atoms with Crippen molar-refractivity contribution in [2.75, 3.05) is 44.3 Å². The van der Waals surface area contributed by atoms with Gasteiger partial charge in [0.25, 0.3) is 0 Å². The zero-order valence-electron chi connectivity index (χ0n) is 23.8. The van der Waals surface area contributed by atoms with Gasteiger partial charge in [-0.1, -0.05) is 24.3 Å². The molecule has 3 saturated heterocycles. The highest BCUT2D eigenvalue weighted by molar-refractivity contribution is 5.99. The Morgan fingerprint density at radius 1 is 1.07 bits per heavy atom. The molecule has 5 heterocycles. The van der Waals surface area contributed by atoms with Gasteiger partial charge in [-0.3, -0.25) is 9.88 Å². The van der Waals surface area contributed by atoms with Crippen molar-refractivity contribution >= 4 is 27.5 Å². The van der Waals surface area contributed by atoms with E-state index < -0.39 is 23.6 Å². The molecule has 3 fully saturated rings. The first kappa shape index (κ1) is 28.1. The largest absolute Gasteiger partial charge is 0.508 e. The summed E-state index contributed by atoms with van der Waals surface area (Å²) in [6.45, 7) is 2.19. The molecule has 0 saturated carbocycles. The lowest BCUT2D eigenvalue weighted by Crippen LogP contribution is -2.43. The van der Waals surface area contributed by atoms with Gasteiger partial charge in [-0.2, -0.15) is 9.97 Å². The van der Waals surface area contributed by atoms with E-state index >= 15 is 4.39 Å². The number of nitrogens with zero attached hydrogens (tertiary/aromatic N) is 5. The van der Waals surface area contributed by atoms with Crippen LogP contribution in [0, 0.1) is 11.7 Å². The predicted octanol–water partition coefficient (Wildman–Crippen LogP) is 4.21. The summed E-state index contributed by atoms with van der Waals surface area (Å²) in [4.78, 5) is 17.9. The Labute approximate surface area is 247 Å². The molecular weight excluding hydrogens is 556 g/mol.